The fourth-order valence-electron chi connectivity index (χ4n) is 1.15. The van der Waals surface area contributed by atoms with Crippen molar-refractivity contribution in [1.29, 1.82) is 0 Å². The first-order chi connectivity index (χ1) is 6.59. The topological polar surface area (TPSA) is 45.8 Å². The molecule has 14 heavy (non-hydrogen) atoms. The summed E-state index contributed by atoms with van der Waals surface area (Å²) in [6.07, 6.45) is 0. The van der Waals surface area contributed by atoms with Crippen LogP contribution in [0.1, 0.15) is 0 Å². The monoisotopic (exact) mass is 232 g/mol. The highest BCUT2D eigenvalue weighted by Gasteiger charge is 2.10. The van der Waals surface area contributed by atoms with Crippen molar-refractivity contribution < 1.29 is 4.39 Å². The summed E-state index contributed by atoms with van der Waals surface area (Å²) in [4.78, 5) is 17.2. The molecule has 6 heteroatoms. The van der Waals surface area contributed by atoms with Crippen LogP contribution in [0.5, 0.6) is 0 Å². The van der Waals surface area contributed by atoms with Crippen molar-refractivity contribution in [3.05, 3.63) is 38.6 Å². The Labute approximate surface area is 87.5 Å². The molecule has 0 aliphatic rings. The van der Waals surface area contributed by atoms with Crippen molar-refractivity contribution in [3.63, 3.8) is 0 Å². The number of hydrogen-bond donors (Lipinski definition) is 1. The molecule has 1 aromatic heterocycles. The van der Waals surface area contributed by atoms with E-state index in [0.717, 1.165) is 6.07 Å². The number of benzene rings is 1. The SMILES string of the molecule is O=c1[nH]c(Cl)nc2c(F)ccc(Cl)c12. The first kappa shape index (κ1) is 9.43. The molecule has 1 N–H and O–H groups in total. The highest BCUT2D eigenvalue weighted by Crippen LogP contribution is 2.21. The number of nitrogens with zero attached hydrogens (tertiary/aromatic N) is 1. The molecule has 0 bridgehead atoms. The number of aromatic nitrogens is 2. The lowest BCUT2D eigenvalue weighted by molar-refractivity contribution is 0.636. The van der Waals surface area contributed by atoms with E-state index in [4.69, 9.17) is 23.2 Å². The zero-order valence-electron chi connectivity index (χ0n) is 6.64. The third-order valence-corrected chi connectivity index (χ3v) is 2.23. The van der Waals surface area contributed by atoms with Crippen LogP contribution in [0, 0.1) is 5.82 Å². The van der Waals surface area contributed by atoms with Crippen LogP contribution in [0.2, 0.25) is 10.3 Å². The number of hydrogen-bond acceptors (Lipinski definition) is 2. The zero-order chi connectivity index (χ0) is 10.3. The summed E-state index contributed by atoms with van der Waals surface area (Å²) in [6, 6.07) is 2.43. The number of halogens is 3. The van der Waals surface area contributed by atoms with Crippen molar-refractivity contribution in [3.8, 4) is 0 Å². The van der Waals surface area contributed by atoms with Crippen LogP contribution < -0.4 is 5.56 Å². The number of rotatable bonds is 0. The molecule has 0 aliphatic carbocycles. The Kier molecular flexibility index (Phi) is 2.17. The molecule has 0 amide bonds. The standard InChI is InChI=1S/C8H3Cl2FN2O/c9-3-1-2-4(11)6-5(3)7(14)13-8(10)12-6/h1-2H,(H,12,13,14). The average Bonchev–Trinajstić information content (AvgIpc) is 2.10. The molecule has 0 spiro atoms. The second-order valence-corrected chi connectivity index (χ2v) is 3.37. The van der Waals surface area contributed by atoms with Crippen LogP contribution in [0.4, 0.5) is 4.39 Å². The van der Waals surface area contributed by atoms with E-state index in [2.05, 4.69) is 9.97 Å². The maximum Gasteiger partial charge on any atom is 0.261 e. The smallest absolute Gasteiger partial charge is 0.261 e. The second-order valence-electron chi connectivity index (χ2n) is 2.61. The molecule has 2 aromatic rings. The van der Waals surface area contributed by atoms with Gasteiger partial charge in [-0.1, -0.05) is 11.6 Å². The van der Waals surface area contributed by atoms with E-state index >= 15 is 0 Å². The van der Waals surface area contributed by atoms with Gasteiger partial charge in [0.05, 0.1) is 10.4 Å². The fourth-order valence-corrected chi connectivity index (χ4v) is 1.56. The summed E-state index contributed by atoms with van der Waals surface area (Å²) in [5.41, 5.74) is -0.671. The molecule has 0 aliphatic heterocycles. The van der Waals surface area contributed by atoms with Crippen LogP contribution in [0.3, 0.4) is 0 Å². The van der Waals surface area contributed by atoms with Gasteiger partial charge < -0.3 is 0 Å². The minimum atomic E-state index is -0.627. The maximum atomic E-state index is 13.2. The fraction of sp³-hybridized carbons (Fsp3) is 0. The molecular formula is C8H3Cl2FN2O. The van der Waals surface area contributed by atoms with Crippen molar-refractivity contribution >= 4 is 34.1 Å². The van der Waals surface area contributed by atoms with Gasteiger partial charge in [-0.25, -0.2) is 9.37 Å². The Balaban J connectivity index is 3.08. The summed E-state index contributed by atoms with van der Waals surface area (Å²) in [7, 11) is 0. The van der Waals surface area contributed by atoms with E-state index in [0.29, 0.717) is 0 Å². The molecule has 0 saturated heterocycles. The molecule has 0 fully saturated rings. The van der Waals surface area contributed by atoms with Crippen LogP contribution in [0.25, 0.3) is 10.9 Å². The number of aromatic amines is 1. The van der Waals surface area contributed by atoms with Crippen molar-refractivity contribution in [2.45, 2.75) is 0 Å². The molecule has 2 rings (SSSR count). The minimum absolute atomic E-state index is 0.0102. The van der Waals surface area contributed by atoms with E-state index < -0.39 is 11.4 Å². The summed E-state index contributed by atoms with van der Waals surface area (Å²) in [5, 5.41) is -0.00782. The van der Waals surface area contributed by atoms with Gasteiger partial charge in [0, 0.05) is 0 Å². The average molecular weight is 233 g/mol. The highest BCUT2D eigenvalue weighted by atomic mass is 35.5. The zero-order valence-corrected chi connectivity index (χ0v) is 8.16. The number of fused-ring (bicyclic) bond motifs is 1. The van der Waals surface area contributed by atoms with Crippen molar-refractivity contribution in [2.24, 2.45) is 0 Å². The summed E-state index contributed by atoms with van der Waals surface area (Å²) in [6.45, 7) is 0. The van der Waals surface area contributed by atoms with Gasteiger partial charge in [-0.3, -0.25) is 9.78 Å². The molecule has 72 valence electrons. The normalized spacial score (nSPS) is 10.8. The van der Waals surface area contributed by atoms with E-state index in [9.17, 15) is 9.18 Å². The third-order valence-electron chi connectivity index (χ3n) is 1.73. The predicted octanol–water partition coefficient (Wildman–Crippen LogP) is 2.37. The first-order valence-corrected chi connectivity index (χ1v) is 4.38. The minimum Gasteiger partial charge on any atom is -0.297 e. The van der Waals surface area contributed by atoms with Gasteiger partial charge in [0.1, 0.15) is 11.3 Å². The molecule has 0 unspecified atom stereocenters. The van der Waals surface area contributed by atoms with E-state index in [1.807, 2.05) is 0 Å². The van der Waals surface area contributed by atoms with E-state index in [1.165, 1.54) is 6.07 Å². The first-order valence-electron chi connectivity index (χ1n) is 3.63. The molecule has 1 aromatic carbocycles. The quantitative estimate of drug-likeness (QED) is 0.710. The maximum absolute atomic E-state index is 13.2. The Morgan fingerprint density at radius 2 is 2.07 bits per heavy atom. The Bertz CT molecular complexity index is 567. The Morgan fingerprint density at radius 3 is 2.79 bits per heavy atom. The van der Waals surface area contributed by atoms with E-state index in [-0.39, 0.29) is 21.2 Å². The highest BCUT2D eigenvalue weighted by molar-refractivity contribution is 6.35. The van der Waals surface area contributed by atoms with Gasteiger partial charge in [-0.15, -0.1) is 0 Å². The predicted molar refractivity (Wildman–Crippen MR) is 52.3 cm³/mol. The van der Waals surface area contributed by atoms with Crippen LogP contribution in [-0.2, 0) is 0 Å². The lowest BCUT2D eigenvalue weighted by Crippen LogP contribution is -2.09. The molecule has 1 heterocycles. The lowest BCUT2D eigenvalue weighted by atomic mass is 10.2. The molecule has 3 nitrogen and oxygen atoms in total. The largest absolute Gasteiger partial charge is 0.297 e. The molecule has 0 radical (unpaired) electrons. The molecule has 0 atom stereocenters. The van der Waals surface area contributed by atoms with Gasteiger partial charge in [-0.2, -0.15) is 0 Å². The van der Waals surface area contributed by atoms with Crippen LogP contribution >= 0.6 is 23.2 Å². The second kappa shape index (κ2) is 3.22. The Morgan fingerprint density at radius 1 is 1.36 bits per heavy atom. The van der Waals surface area contributed by atoms with Gasteiger partial charge in [0.15, 0.2) is 0 Å². The Hall–Kier alpha value is -1.13. The van der Waals surface area contributed by atoms with Gasteiger partial charge >= 0.3 is 0 Å². The van der Waals surface area contributed by atoms with Gasteiger partial charge in [-0.05, 0) is 23.7 Å². The summed E-state index contributed by atoms with van der Waals surface area (Å²) in [5.74, 6) is -0.627. The lowest BCUT2D eigenvalue weighted by Gasteiger charge is -2.00. The molecule has 0 saturated carbocycles. The summed E-state index contributed by atoms with van der Waals surface area (Å²) >= 11 is 11.2. The van der Waals surface area contributed by atoms with Crippen LogP contribution in [-0.4, -0.2) is 9.97 Å². The number of nitrogens with one attached hydrogen (secondary N) is 1. The van der Waals surface area contributed by atoms with Gasteiger partial charge in [0.25, 0.3) is 5.56 Å². The van der Waals surface area contributed by atoms with Gasteiger partial charge in [0.2, 0.25) is 5.28 Å². The van der Waals surface area contributed by atoms with Crippen LogP contribution in [0.15, 0.2) is 16.9 Å². The summed E-state index contributed by atoms with van der Waals surface area (Å²) < 4.78 is 13.2. The molecular weight excluding hydrogens is 230 g/mol. The van der Waals surface area contributed by atoms with E-state index in [1.54, 1.807) is 0 Å². The van der Waals surface area contributed by atoms with Crippen molar-refractivity contribution in [2.75, 3.05) is 0 Å². The third kappa shape index (κ3) is 1.36. The van der Waals surface area contributed by atoms with Crippen molar-refractivity contribution in [1.82, 2.24) is 9.97 Å². The number of H-pyrrole nitrogens is 1.